The molecule has 0 saturated heterocycles. The fraction of sp³-hybridized carbons (Fsp3) is 0.214. The van der Waals surface area contributed by atoms with E-state index in [4.69, 9.17) is 10.8 Å². The van der Waals surface area contributed by atoms with Crippen LogP contribution in [-0.4, -0.2) is 30.0 Å². The maximum absolute atomic E-state index is 8.40. The number of hydrogen-bond acceptors (Lipinski definition) is 3. The van der Waals surface area contributed by atoms with E-state index in [2.05, 4.69) is 20.9 Å². The summed E-state index contributed by atoms with van der Waals surface area (Å²) in [5.74, 6) is 0.833. The first-order valence-electron chi connectivity index (χ1n) is 6.25. The molecule has 3 rings (SSSR count). The fourth-order valence-corrected chi connectivity index (χ4v) is 2.74. The topological polar surface area (TPSA) is 66.5 Å². The molecular weight excluding hydrogens is 318 g/mol. The van der Waals surface area contributed by atoms with Crippen molar-refractivity contribution in [2.24, 2.45) is 10.9 Å². The zero-order valence-corrected chi connectivity index (χ0v) is 12.6. The van der Waals surface area contributed by atoms with Gasteiger partial charge in [-0.1, -0.05) is 22.0 Å². The van der Waals surface area contributed by atoms with Gasteiger partial charge in [-0.05, 0) is 18.2 Å². The van der Waals surface area contributed by atoms with Crippen molar-refractivity contribution in [3.05, 3.63) is 40.6 Å². The maximum Gasteiger partial charge on any atom is 0.115 e. The van der Waals surface area contributed by atoms with Crippen molar-refractivity contribution in [3.8, 4) is 0 Å². The smallest absolute Gasteiger partial charge is 0.115 e. The molecule has 2 N–H and O–H groups in total. The van der Waals surface area contributed by atoms with Gasteiger partial charge in [0.2, 0.25) is 0 Å². The monoisotopic (exact) mass is 331 g/mol. The lowest BCUT2D eigenvalue weighted by molar-refractivity contribution is 0.583. The number of nitrogens with zero attached hydrogens (tertiary/aromatic N) is 3. The van der Waals surface area contributed by atoms with Gasteiger partial charge in [0.1, 0.15) is 18.0 Å². The van der Waals surface area contributed by atoms with Crippen molar-refractivity contribution >= 4 is 39.6 Å². The Kier molecular flexibility index (Phi) is 3.17. The van der Waals surface area contributed by atoms with E-state index in [1.807, 2.05) is 37.5 Å². The summed E-state index contributed by atoms with van der Waals surface area (Å²) in [7, 11) is 1.84. The van der Waals surface area contributed by atoms with Gasteiger partial charge in [-0.2, -0.15) is 0 Å². The van der Waals surface area contributed by atoms with Crippen LogP contribution in [0.1, 0.15) is 6.42 Å². The van der Waals surface area contributed by atoms with Crippen molar-refractivity contribution < 1.29 is 0 Å². The Hall–Kier alpha value is -1.95. The SMILES string of the molecule is CN1C=C2N=CN(c3cccc(Br)c3)C(=N)C2CC1=N. The number of hydrogen-bond donors (Lipinski definition) is 2. The van der Waals surface area contributed by atoms with Gasteiger partial charge in [-0.15, -0.1) is 0 Å². The summed E-state index contributed by atoms with van der Waals surface area (Å²) < 4.78 is 0.966. The second kappa shape index (κ2) is 4.86. The first-order chi connectivity index (χ1) is 9.56. The molecule has 5 nitrogen and oxygen atoms in total. The quantitative estimate of drug-likeness (QED) is 0.830. The third-order valence-electron chi connectivity index (χ3n) is 3.50. The summed E-state index contributed by atoms with van der Waals surface area (Å²) in [5.41, 5.74) is 1.75. The molecule has 0 radical (unpaired) electrons. The third-order valence-corrected chi connectivity index (χ3v) is 4.00. The minimum Gasteiger partial charge on any atom is -0.338 e. The molecule has 0 bridgehead atoms. The van der Waals surface area contributed by atoms with Crippen LogP contribution in [-0.2, 0) is 0 Å². The first-order valence-corrected chi connectivity index (χ1v) is 7.05. The van der Waals surface area contributed by atoms with Gasteiger partial charge in [-0.25, -0.2) is 4.99 Å². The van der Waals surface area contributed by atoms with Gasteiger partial charge < -0.3 is 4.90 Å². The fourth-order valence-electron chi connectivity index (χ4n) is 2.35. The number of nitrogens with one attached hydrogen (secondary N) is 2. The Balaban J connectivity index is 1.98. The van der Waals surface area contributed by atoms with Crippen molar-refractivity contribution in [2.45, 2.75) is 6.42 Å². The molecule has 1 aromatic rings. The van der Waals surface area contributed by atoms with Crippen LogP contribution in [0.25, 0.3) is 0 Å². The van der Waals surface area contributed by atoms with E-state index in [0.717, 1.165) is 15.9 Å². The van der Waals surface area contributed by atoms with E-state index in [0.29, 0.717) is 18.1 Å². The lowest BCUT2D eigenvalue weighted by Crippen LogP contribution is -2.43. The predicted octanol–water partition coefficient (Wildman–Crippen LogP) is 3.05. The number of benzene rings is 1. The van der Waals surface area contributed by atoms with Crippen LogP contribution in [0.3, 0.4) is 0 Å². The number of fused-ring (bicyclic) bond motifs is 1. The van der Waals surface area contributed by atoms with E-state index in [1.54, 1.807) is 16.1 Å². The maximum atomic E-state index is 8.40. The number of amidine groups is 2. The van der Waals surface area contributed by atoms with Crippen LogP contribution >= 0.6 is 15.9 Å². The van der Waals surface area contributed by atoms with Gasteiger partial charge in [0, 0.05) is 29.8 Å². The molecule has 1 aromatic carbocycles. The average Bonchev–Trinajstić information content (AvgIpc) is 2.41. The van der Waals surface area contributed by atoms with E-state index in [9.17, 15) is 0 Å². The lowest BCUT2D eigenvalue weighted by atomic mass is 9.94. The Morgan fingerprint density at radius 2 is 2.15 bits per heavy atom. The molecule has 2 aliphatic heterocycles. The van der Waals surface area contributed by atoms with Crippen LogP contribution in [0.4, 0.5) is 5.69 Å². The second-order valence-electron chi connectivity index (χ2n) is 4.85. The molecule has 20 heavy (non-hydrogen) atoms. The summed E-state index contributed by atoms with van der Waals surface area (Å²) in [6, 6.07) is 7.78. The standard InChI is InChI=1S/C14H14BrN5/c1-19-7-12-11(6-13(19)16)14(17)20(8-18-12)10-4-2-3-9(15)5-10/h2-5,7-8,11,16-17H,6H2,1H3. The Morgan fingerprint density at radius 3 is 2.90 bits per heavy atom. The zero-order chi connectivity index (χ0) is 14.3. The highest BCUT2D eigenvalue weighted by atomic mass is 79.9. The third kappa shape index (κ3) is 2.16. The number of halogens is 1. The number of aliphatic imine (C=N–C) groups is 1. The van der Waals surface area contributed by atoms with E-state index in [1.165, 1.54) is 0 Å². The van der Waals surface area contributed by atoms with Crippen molar-refractivity contribution in [3.63, 3.8) is 0 Å². The van der Waals surface area contributed by atoms with Crippen LogP contribution in [0.5, 0.6) is 0 Å². The molecule has 0 amide bonds. The minimum absolute atomic E-state index is 0.136. The van der Waals surface area contributed by atoms with E-state index in [-0.39, 0.29) is 5.92 Å². The van der Waals surface area contributed by atoms with Crippen molar-refractivity contribution in [1.29, 1.82) is 10.8 Å². The van der Waals surface area contributed by atoms with Crippen molar-refractivity contribution in [2.75, 3.05) is 11.9 Å². The van der Waals surface area contributed by atoms with Gasteiger partial charge >= 0.3 is 0 Å². The van der Waals surface area contributed by atoms with E-state index < -0.39 is 0 Å². The Labute approximate surface area is 125 Å². The van der Waals surface area contributed by atoms with Crippen LogP contribution in [0.15, 0.2) is 45.6 Å². The first kappa shape index (κ1) is 13.1. The minimum atomic E-state index is -0.136. The normalized spacial score (nSPS) is 21.9. The Bertz CT molecular complexity index is 649. The van der Waals surface area contributed by atoms with Gasteiger partial charge in [-0.3, -0.25) is 15.7 Å². The van der Waals surface area contributed by atoms with Crippen LogP contribution < -0.4 is 4.90 Å². The molecule has 6 heteroatoms. The van der Waals surface area contributed by atoms with Crippen LogP contribution in [0.2, 0.25) is 0 Å². The number of rotatable bonds is 1. The highest BCUT2D eigenvalue weighted by Gasteiger charge is 2.33. The molecule has 102 valence electrons. The number of anilines is 1. The van der Waals surface area contributed by atoms with Gasteiger partial charge in [0.25, 0.3) is 0 Å². The average molecular weight is 332 g/mol. The second-order valence-corrected chi connectivity index (χ2v) is 5.76. The van der Waals surface area contributed by atoms with E-state index >= 15 is 0 Å². The molecule has 0 saturated carbocycles. The largest absolute Gasteiger partial charge is 0.338 e. The molecule has 1 atom stereocenters. The summed E-state index contributed by atoms with van der Waals surface area (Å²) in [6.07, 6.45) is 4.03. The summed E-state index contributed by atoms with van der Waals surface area (Å²) in [5, 5.41) is 16.3. The van der Waals surface area contributed by atoms with Gasteiger partial charge in [0.05, 0.1) is 11.6 Å². The zero-order valence-electron chi connectivity index (χ0n) is 11.0. The van der Waals surface area contributed by atoms with Crippen LogP contribution in [0, 0.1) is 16.7 Å². The molecule has 0 fully saturated rings. The predicted molar refractivity (Wildman–Crippen MR) is 84.5 cm³/mol. The molecule has 2 aliphatic rings. The van der Waals surface area contributed by atoms with Crippen molar-refractivity contribution in [1.82, 2.24) is 4.90 Å². The summed E-state index contributed by atoms with van der Waals surface area (Å²) in [4.78, 5) is 7.97. The van der Waals surface area contributed by atoms with Gasteiger partial charge in [0.15, 0.2) is 0 Å². The lowest BCUT2D eigenvalue weighted by Gasteiger charge is -2.35. The molecular formula is C14H14BrN5. The summed E-state index contributed by atoms with van der Waals surface area (Å²) in [6.45, 7) is 0. The highest BCUT2D eigenvalue weighted by Crippen LogP contribution is 2.31. The Morgan fingerprint density at radius 1 is 1.35 bits per heavy atom. The molecule has 0 aliphatic carbocycles. The molecule has 0 aromatic heterocycles. The highest BCUT2D eigenvalue weighted by molar-refractivity contribution is 9.10. The molecule has 1 unspecified atom stereocenters. The molecule has 0 spiro atoms. The summed E-state index contributed by atoms with van der Waals surface area (Å²) >= 11 is 3.44. The molecule has 2 heterocycles.